The highest BCUT2D eigenvalue weighted by atomic mass is 16.5. The smallest absolute Gasteiger partial charge is 0.0622 e. The van der Waals surface area contributed by atoms with Gasteiger partial charge in [0.2, 0.25) is 0 Å². The van der Waals surface area contributed by atoms with Gasteiger partial charge in [0.1, 0.15) is 0 Å². The largest absolute Gasteiger partial charge is 0.380 e. The average molecular weight is 248 g/mol. The number of hydrogen-bond acceptors (Lipinski definition) is 3. The summed E-state index contributed by atoms with van der Waals surface area (Å²) in [4.78, 5) is 2.40. The second-order valence-corrected chi connectivity index (χ2v) is 5.10. The van der Waals surface area contributed by atoms with Crippen LogP contribution in [0.5, 0.6) is 0 Å². The first-order valence-corrected chi connectivity index (χ1v) is 6.80. The zero-order chi connectivity index (χ0) is 12.8. The summed E-state index contributed by atoms with van der Waals surface area (Å²) in [7, 11) is 4.18. The van der Waals surface area contributed by atoms with E-state index in [9.17, 15) is 0 Å². The van der Waals surface area contributed by atoms with Crippen LogP contribution in [0.1, 0.15) is 17.5 Å². The number of nitrogens with one attached hydrogen (secondary N) is 1. The first kappa shape index (κ1) is 13.5. The molecule has 0 radical (unpaired) electrons. The highest BCUT2D eigenvalue weighted by Gasteiger charge is 2.19. The summed E-state index contributed by atoms with van der Waals surface area (Å²) >= 11 is 0. The van der Waals surface area contributed by atoms with Crippen molar-refractivity contribution in [2.75, 3.05) is 33.9 Å². The Morgan fingerprint density at radius 3 is 2.61 bits per heavy atom. The van der Waals surface area contributed by atoms with E-state index in [1.54, 1.807) is 0 Å². The van der Waals surface area contributed by atoms with Crippen LogP contribution in [-0.2, 0) is 17.7 Å². The van der Waals surface area contributed by atoms with Gasteiger partial charge in [0.05, 0.1) is 6.61 Å². The van der Waals surface area contributed by atoms with Crippen molar-refractivity contribution in [1.82, 2.24) is 10.2 Å². The Labute approximate surface area is 110 Å². The van der Waals surface area contributed by atoms with Crippen LogP contribution in [0.2, 0.25) is 0 Å². The molecular weight excluding hydrogens is 224 g/mol. The van der Waals surface area contributed by atoms with Gasteiger partial charge in [0.25, 0.3) is 0 Å². The van der Waals surface area contributed by atoms with Crippen molar-refractivity contribution < 1.29 is 4.74 Å². The maximum Gasteiger partial charge on any atom is 0.0622 e. The second-order valence-electron chi connectivity index (χ2n) is 5.10. The Bertz CT molecular complexity index is 344. The van der Waals surface area contributed by atoms with Gasteiger partial charge in [0.15, 0.2) is 0 Å². The van der Waals surface area contributed by atoms with Crippen LogP contribution in [0.15, 0.2) is 24.3 Å². The lowest BCUT2D eigenvalue weighted by atomic mass is 10.1. The molecule has 1 heterocycles. The number of likely N-dealkylation sites (N-methyl/N-ethyl adjacent to an activating group) is 2. The fourth-order valence-corrected chi connectivity index (χ4v) is 2.37. The normalized spacial score (nSPS) is 19.6. The minimum absolute atomic E-state index is 0.592. The van der Waals surface area contributed by atoms with Gasteiger partial charge in [-0.05, 0) is 44.6 Å². The van der Waals surface area contributed by atoms with Crippen molar-refractivity contribution in [2.24, 2.45) is 0 Å². The molecule has 1 aromatic rings. The Kier molecular flexibility index (Phi) is 5.17. The van der Waals surface area contributed by atoms with E-state index in [4.69, 9.17) is 4.74 Å². The van der Waals surface area contributed by atoms with E-state index in [1.165, 1.54) is 11.1 Å². The minimum Gasteiger partial charge on any atom is -0.380 e. The van der Waals surface area contributed by atoms with Gasteiger partial charge in [-0.15, -0.1) is 0 Å². The van der Waals surface area contributed by atoms with Gasteiger partial charge in [0, 0.05) is 19.2 Å². The van der Waals surface area contributed by atoms with Crippen molar-refractivity contribution in [3.8, 4) is 0 Å². The van der Waals surface area contributed by atoms with Crippen LogP contribution in [-0.4, -0.2) is 44.8 Å². The highest BCUT2D eigenvalue weighted by molar-refractivity contribution is 5.22. The monoisotopic (exact) mass is 248 g/mol. The Balaban J connectivity index is 1.85. The van der Waals surface area contributed by atoms with E-state index in [0.717, 1.165) is 39.1 Å². The number of ether oxygens (including phenoxy) is 1. The molecule has 18 heavy (non-hydrogen) atoms. The molecule has 1 fully saturated rings. The molecule has 2 rings (SSSR count). The Morgan fingerprint density at radius 1 is 1.28 bits per heavy atom. The van der Waals surface area contributed by atoms with Crippen LogP contribution >= 0.6 is 0 Å². The Hall–Kier alpha value is -0.900. The van der Waals surface area contributed by atoms with Gasteiger partial charge < -0.3 is 10.1 Å². The van der Waals surface area contributed by atoms with Gasteiger partial charge >= 0.3 is 0 Å². The SMILES string of the molecule is CNCCc1ccc(CN(C)C2CCOC2)cc1. The minimum atomic E-state index is 0.592. The number of nitrogens with zero attached hydrogens (tertiary/aromatic N) is 1. The summed E-state index contributed by atoms with van der Waals surface area (Å²) < 4.78 is 5.43. The van der Waals surface area contributed by atoms with Gasteiger partial charge in [-0.2, -0.15) is 0 Å². The summed E-state index contributed by atoms with van der Waals surface area (Å²) in [5.74, 6) is 0. The quantitative estimate of drug-likeness (QED) is 0.829. The first-order valence-electron chi connectivity index (χ1n) is 6.80. The van der Waals surface area contributed by atoms with Crippen molar-refractivity contribution in [3.63, 3.8) is 0 Å². The summed E-state index contributed by atoms with van der Waals surface area (Å²) in [6, 6.07) is 9.57. The molecule has 0 bridgehead atoms. The predicted molar refractivity (Wildman–Crippen MR) is 74.8 cm³/mol. The van der Waals surface area contributed by atoms with Crippen molar-refractivity contribution >= 4 is 0 Å². The Morgan fingerprint density at radius 2 is 2.00 bits per heavy atom. The van der Waals surface area contributed by atoms with Crippen molar-refractivity contribution in [1.29, 1.82) is 0 Å². The van der Waals surface area contributed by atoms with Crippen LogP contribution < -0.4 is 5.32 Å². The van der Waals surface area contributed by atoms with Crippen LogP contribution in [0, 0.1) is 0 Å². The molecule has 1 aliphatic rings. The molecule has 100 valence electrons. The molecule has 3 nitrogen and oxygen atoms in total. The molecule has 1 atom stereocenters. The van der Waals surface area contributed by atoms with Gasteiger partial charge in [-0.25, -0.2) is 0 Å². The zero-order valence-corrected chi connectivity index (χ0v) is 11.5. The lowest BCUT2D eigenvalue weighted by Gasteiger charge is -2.22. The summed E-state index contributed by atoms with van der Waals surface area (Å²) in [5.41, 5.74) is 2.79. The number of hydrogen-bond donors (Lipinski definition) is 1. The zero-order valence-electron chi connectivity index (χ0n) is 11.5. The fraction of sp³-hybridized carbons (Fsp3) is 0.600. The molecule has 1 N–H and O–H groups in total. The van der Waals surface area contributed by atoms with Gasteiger partial charge in [-0.3, -0.25) is 4.90 Å². The maximum atomic E-state index is 5.43. The number of rotatable bonds is 6. The molecular formula is C15H24N2O. The fourth-order valence-electron chi connectivity index (χ4n) is 2.37. The van der Waals surface area contributed by atoms with E-state index < -0.39 is 0 Å². The molecule has 0 amide bonds. The second kappa shape index (κ2) is 6.88. The lowest BCUT2D eigenvalue weighted by Crippen LogP contribution is -2.31. The van der Waals surface area contributed by atoms with E-state index >= 15 is 0 Å². The molecule has 3 heteroatoms. The lowest BCUT2D eigenvalue weighted by molar-refractivity contribution is 0.156. The topological polar surface area (TPSA) is 24.5 Å². The third-order valence-electron chi connectivity index (χ3n) is 3.65. The maximum absolute atomic E-state index is 5.43. The molecule has 0 spiro atoms. The molecule has 0 aromatic heterocycles. The molecule has 1 saturated heterocycles. The van der Waals surface area contributed by atoms with Gasteiger partial charge in [-0.1, -0.05) is 24.3 Å². The van der Waals surface area contributed by atoms with E-state index in [-0.39, 0.29) is 0 Å². The van der Waals surface area contributed by atoms with Crippen LogP contribution in [0.3, 0.4) is 0 Å². The average Bonchev–Trinajstić information content (AvgIpc) is 2.92. The summed E-state index contributed by atoms with van der Waals surface area (Å²) in [6.07, 6.45) is 2.26. The third-order valence-corrected chi connectivity index (χ3v) is 3.65. The summed E-state index contributed by atoms with van der Waals surface area (Å²) in [5, 5.41) is 3.18. The number of benzene rings is 1. The third kappa shape index (κ3) is 3.80. The summed E-state index contributed by atoms with van der Waals surface area (Å²) in [6.45, 7) is 3.85. The molecule has 1 aromatic carbocycles. The molecule has 1 unspecified atom stereocenters. The standard InChI is InChI=1S/C15H24N2O/c1-16-9-7-13-3-5-14(6-4-13)11-17(2)15-8-10-18-12-15/h3-6,15-16H,7-12H2,1-2H3. The molecule has 0 aliphatic carbocycles. The predicted octanol–water partition coefficient (Wildman–Crippen LogP) is 1.67. The van der Waals surface area contributed by atoms with E-state index in [0.29, 0.717) is 6.04 Å². The van der Waals surface area contributed by atoms with Crippen molar-refractivity contribution in [2.45, 2.75) is 25.4 Å². The first-order chi connectivity index (χ1) is 8.79. The van der Waals surface area contributed by atoms with Crippen LogP contribution in [0.25, 0.3) is 0 Å². The van der Waals surface area contributed by atoms with Crippen LogP contribution in [0.4, 0.5) is 0 Å². The van der Waals surface area contributed by atoms with E-state index in [2.05, 4.69) is 41.5 Å². The molecule has 1 aliphatic heterocycles. The molecule has 0 saturated carbocycles. The highest BCUT2D eigenvalue weighted by Crippen LogP contribution is 2.14. The van der Waals surface area contributed by atoms with Crippen molar-refractivity contribution in [3.05, 3.63) is 35.4 Å². The van der Waals surface area contributed by atoms with E-state index in [1.807, 2.05) is 7.05 Å².